The van der Waals surface area contributed by atoms with Gasteiger partial charge in [-0.05, 0) is 47.8 Å². The third-order valence-corrected chi connectivity index (χ3v) is 7.19. The summed E-state index contributed by atoms with van der Waals surface area (Å²) in [7, 11) is 0. The van der Waals surface area contributed by atoms with Crippen LogP contribution >= 0.6 is 0 Å². The van der Waals surface area contributed by atoms with Crippen LogP contribution in [0.3, 0.4) is 0 Å². The molecule has 0 radical (unpaired) electrons. The van der Waals surface area contributed by atoms with Gasteiger partial charge in [0.15, 0.2) is 6.29 Å². The van der Waals surface area contributed by atoms with E-state index >= 15 is 0 Å². The van der Waals surface area contributed by atoms with Crippen LogP contribution in [0.2, 0.25) is 0 Å². The molecule has 0 bridgehead atoms. The molecular weight excluding hydrogens is 368 g/mol. The molecule has 0 amide bonds. The molecule has 1 saturated carbocycles. The molecule has 2 heteroatoms. The van der Waals surface area contributed by atoms with E-state index in [2.05, 4.69) is 62.4 Å². The maximum atomic E-state index is 6.17. The van der Waals surface area contributed by atoms with Crippen molar-refractivity contribution < 1.29 is 9.47 Å². The number of benzene rings is 2. The van der Waals surface area contributed by atoms with E-state index in [1.54, 1.807) is 0 Å². The molecule has 0 unspecified atom stereocenters. The van der Waals surface area contributed by atoms with Crippen molar-refractivity contribution in [2.75, 3.05) is 13.2 Å². The minimum absolute atomic E-state index is 0.210. The summed E-state index contributed by atoms with van der Waals surface area (Å²) in [5, 5.41) is 0. The molecule has 2 aliphatic rings. The van der Waals surface area contributed by atoms with Crippen molar-refractivity contribution in [3.05, 3.63) is 59.7 Å². The van der Waals surface area contributed by atoms with Gasteiger partial charge in [-0.1, -0.05) is 94.5 Å². The molecule has 0 N–H and O–H groups in total. The van der Waals surface area contributed by atoms with Crippen LogP contribution in [0.4, 0.5) is 0 Å². The molecule has 2 aromatic carbocycles. The molecule has 1 heterocycles. The standard InChI is InChI=1S/C28H38O2/c1-3-5-21-7-11-23(12-8-21)24-15-17-26(18-16-24)28-29-19-27(20-30-28)25-13-9-22(6-4-2)10-14-25/h7-8,11-12,15-18,22,25,27-28H,3-6,9-10,13-14,19-20H2,1-2H3/t22-,25-,27?,28?. The van der Waals surface area contributed by atoms with Crippen molar-refractivity contribution in [2.24, 2.45) is 17.8 Å². The quantitative estimate of drug-likeness (QED) is 0.472. The van der Waals surface area contributed by atoms with Gasteiger partial charge in [0.05, 0.1) is 13.2 Å². The summed E-state index contributed by atoms with van der Waals surface area (Å²) in [6.07, 6.45) is 10.4. The van der Waals surface area contributed by atoms with Crippen LogP contribution < -0.4 is 0 Å². The summed E-state index contributed by atoms with van der Waals surface area (Å²) in [6.45, 7) is 6.22. The zero-order valence-electron chi connectivity index (χ0n) is 18.8. The van der Waals surface area contributed by atoms with Crippen LogP contribution in [-0.4, -0.2) is 13.2 Å². The first-order valence-corrected chi connectivity index (χ1v) is 12.2. The second kappa shape index (κ2) is 10.6. The molecule has 2 fully saturated rings. The molecule has 1 aliphatic heterocycles. The van der Waals surface area contributed by atoms with Crippen molar-refractivity contribution in [1.82, 2.24) is 0 Å². The second-order valence-electron chi connectivity index (χ2n) is 9.40. The third kappa shape index (κ3) is 5.34. The van der Waals surface area contributed by atoms with Gasteiger partial charge in [0.1, 0.15) is 0 Å². The molecule has 0 aromatic heterocycles. The first-order chi connectivity index (χ1) is 14.8. The van der Waals surface area contributed by atoms with Gasteiger partial charge in [-0.2, -0.15) is 0 Å². The lowest BCUT2D eigenvalue weighted by Crippen LogP contribution is -2.34. The maximum Gasteiger partial charge on any atom is 0.183 e. The molecule has 4 rings (SSSR count). The molecule has 1 saturated heterocycles. The molecule has 1 aliphatic carbocycles. The Morgan fingerprint density at radius 3 is 1.87 bits per heavy atom. The Morgan fingerprint density at radius 1 is 0.700 bits per heavy atom. The first-order valence-electron chi connectivity index (χ1n) is 12.2. The maximum absolute atomic E-state index is 6.17. The fraction of sp³-hybridized carbons (Fsp3) is 0.571. The summed E-state index contributed by atoms with van der Waals surface area (Å²) in [6, 6.07) is 17.7. The highest BCUT2D eigenvalue weighted by atomic mass is 16.7. The smallest absolute Gasteiger partial charge is 0.183 e. The molecular formula is C28H38O2. The average Bonchev–Trinajstić information content (AvgIpc) is 2.81. The Balaban J connectivity index is 1.29. The van der Waals surface area contributed by atoms with Gasteiger partial charge in [0.2, 0.25) is 0 Å². The van der Waals surface area contributed by atoms with Crippen LogP contribution in [-0.2, 0) is 15.9 Å². The normalized spacial score (nSPS) is 27.1. The van der Waals surface area contributed by atoms with E-state index in [0.29, 0.717) is 5.92 Å². The average molecular weight is 407 g/mol. The van der Waals surface area contributed by atoms with Gasteiger partial charge in [0, 0.05) is 11.5 Å². The van der Waals surface area contributed by atoms with E-state index in [0.717, 1.165) is 37.0 Å². The van der Waals surface area contributed by atoms with Crippen molar-refractivity contribution in [2.45, 2.75) is 71.5 Å². The lowest BCUT2D eigenvalue weighted by molar-refractivity contribution is -0.214. The monoisotopic (exact) mass is 406 g/mol. The molecule has 0 atom stereocenters. The summed E-state index contributed by atoms with van der Waals surface area (Å²) in [4.78, 5) is 0. The van der Waals surface area contributed by atoms with Gasteiger partial charge >= 0.3 is 0 Å². The molecule has 2 aromatic rings. The molecule has 0 spiro atoms. The second-order valence-corrected chi connectivity index (χ2v) is 9.40. The zero-order chi connectivity index (χ0) is 20.8. The van der Waals surface area contributed by atoms with Crippen LogP contribution in [0.1, 0.15) is 76.2 Å². The number of ether oxygens (including phenoxy) is 2. The first kappa shape index (κ1) is 21.6. The number of rotatable bonds is 7. The van der Waals surface area contributed by atoms with E-state index < -0.39 is 0 Å². The predicted molar refractivity (Wildman–Crippen MR) is 124 cm³/mol. The van der Waals surface area contributed by atoms with E-state index in [1.807, 2.05) is 0 Å². The van der Waals surface area contributed by atoms with Gasteiger partial charge in [-0.15, -0.1) is 0 Å². The lowest BCUT2D eigenvalue weighted by atomic mass is 9.75. The fourth-order valence-corrected chi connectivity index (χ4v) is 5.32. The van der Waals surface area contributed by atoms with Gasteiger partial charge in [0.25, 0.3) is 0 Å². The topological polar surface area (TPSA) is 18.5 Å². The van der Waals surface area contributed by atoms with E-state index in [4.69, 9.17) is 9.47 Å². The fourth-order valence-electron chi connectivity index (χ4n) is 5.32. The van der Waals surface area contributed by atoms with Gasteiger partial charge in [-0.3, -0.25) is 0 Å². The highest BCUT2D eigenvalue weighted by Crippen LogP contribution is 2.38. The molecule has 162 valence electrons. The van der Waals surface area contributed by atoms with Crippen LogP contribution in [0.15, 0.2) is 48.5 Å². The van der Waals surface area contributed by atoms with Crippen molar-refractivity contribution >= 4 is 0 Å². The zero-order valence-corrected chi connectivity index (χ0v) is 18.8. The van der Waals surface area contributed by atoms with Crippen LogP contribution in [0.5, 0.6) is 0 Å². The van der Waals surface area contributed by atoms with E-state index in [-0.39, 0.29) is 6.29 Å². The van der Waals surface area contributed by atoms with Crippen LogP contribution in [0, 0.1) is 17.8 Å². The Bertz CT molecular complexity index is 748. The van der Waals surface area contributed by atoms with Crippen molar-refractivity contribution in [1.29, 1.82) is 0 Å². The van der Waals surface area contributed by atoms with Crippen LogP contribution in [0.25, 0.3) is 11.1 Å². The number of hydrogen-bond donors (Lipinski definition) is 0. The van der Waals surface area contributed by atoms with Crippen molar-refractivity contribution in [3.63, 3.8) is 0 Å². The molecule has 2 nitrogen and oxygen atoms in total. The number of hydrogen-bond acceptors (Lipinski definition) is 2. The minimum atomic E-state index is -0.210. The van der Waals surface area contributed by atoms with Gasteiger partial charge in [-0.25, -0.2) is 0 Å². The van der Waals surface area contributed by atoms with Crippen molar-refractivity contribution in [3.8, 4) is 11.1 Å². The summed E-state index contributed by atoms with van der Waals surface area (Å²) in [5.41, 5.74) is 5.06. The highest BCUT2D eigenvalue weighted by Gasteiger charge is 2.32. The summed E-state index contributed by atoms with van der Waals surface area (Å²) in [5.74, 6) is 2.33. The van der Waals surface area contributed by atoms with E-state index in [1.165, 1.54) is 61.6 Å². The predicted octanol–water partition coefficient (Wildman–Crippen LogP) is 7.57. The third-order valence-electron chi connectivity index (χ3n) is 7.19. The lowest BCUT2D eigenvalue weighted by Gasteiger charge is -2.37. The summed E-state index contributed by atoms with van der Waals surface area (Å²) < 4.78 is 12.3. The van der Waals surface area contributed by atoms with E-state index in [9.17, 15) is 0 Å². The Morgan fingerprint density at radius 2 is 1.30 bits per heavy atom. The molecule has 30 heavy (non-hydrogen) atoms. The van der Waals surface area contributed by atoms with Gasteiger partial charge < -0.3 is 9.47 Å². The summed E-state index contributed by atoms with van der Waals surface area (Å²) >= 11 is 0. The highest BCUT2D eigenvalue weighted by molar-refractivity contribution is 5.64. The minimum Gasteiger partial charge on any atom is -0.348 e. The largest absolute Gasteiger partial charge is 0.348 e. The number of aryl methyl sites for hydroxylation is 1. The SMILES string of the molecule is CCCc1ccc(-c2ccc(C3OCC([C@H]4CC[C@H](CCC)CC4)CO3)cc2)cc1. The Labute approximate surface area is 183 Å². The Kier molecular flexibility index (Phi) is 7.62. The Hall–Kier alpha value is -1.64.